The quantitative estimate of drug-likeness (QED) is 0.130. The van der Waals surface area contributed by atoms with E-state index < -0.39 is 10.4 Å². The Morgan fingerprint density at radius 3 is 0.145 bits per heavy atom. The Morgan fingerprint density at radius 1 is 0.145 bits per heavy atom. The second-order valence-electron chi connectivity index (χ2n) is 0.408. The number of hydrogen-bond acceptors (Lipinski definition) is 4. The molecule has 0 saturated carbocycles. The van der Waals surface area contributed by atoms with Gasteiger partial charge in [0, 0.05) is 10.4 Å². The fourth-order valence-electron chi connectivity index (χ4n) is 0. The minimum Gasteiger partial charge on any atom is -0.759 e. The van der Waals surface area contributed by atoms with Crippen LogP contribution < -0.4 is 0 Å². The van der Waals surface area contributed by atoms with E-state index in [0.717, 1.165) is 0 Å². The first-order chi connectivity index (χ1) is 2.00. The topological polar surface area (TPSA) is 1620 Å². The monoisotopic (exact) mass is 1040 g/mol. The van der Waals surface area contributed by atoms with Crippen LogP contribution in [-0.2, 0) is 29.9 Å². The standard InChI is InChI=1S/H2O4S.49H2O.Zn/c1-5(2,3)4;;;;;;;;;;;;;;;;;;;;;;;;;;;;;;;;;;;;;;;;;;;;;;;;;;/h(H2,1,2,3,4);49*1H2;/q;;;;;;;;;;;;;;;;;;;;;;;;;;;;;;;;;;;;;;;;;;;;;;;;;;+2/p-2. The SMILES string of the molecule is O.O.O.O.O.O.O.O.O.O.O.O.O.O.O.O.O.O.O.O.O.O.O.O.O.O.O.O.O.O.O.O.O.O.O.O.O.O.O.O.O.O.O.O.O.O.O.O.O.O=S(=O)([O-])[O-].[Zn+2]. The van der Waals surface area contributed by atoms with Crippen LogP contribution in [0.5, 0.6) is 0 Å². The molecule has 0 bridgehead atoms. The van der Waals surface area contributed by atoms with Gasteiger partial charge in [0.05, 0.1) is 0 Å². The van der Waals surface area contributed by atoms with Crippen LogP contribution in [0.3, 0.4) is 0 Å². The van der Waals surface area contributed by atoms with Gasteiger partial charge in [-0.05, 0) is 0 Å². The summed E-state index contributed by atoms with van der Waals surface area (Å²) in [5, 5.41) is 0. The Kier molecular flexibility index (Phi) is 2840000. The van der Waals surface area contributed by atoms with Gasteiger partial charge in [0.15, 0.2) is 0 Å². The fourth-order valence-corrected chi connectivity index (χ4v) is 0. The van der Waals surface area contributed by atoms with E-state index in [1.54, 1.807) is 0 Å². The Bertz CT molecular complexity index is 97.6. The molecule has 0 aliphatic carbocycles. The summed E-state index contributed by atoms with van der Waals surface area (Å²) in [5.74, 6) is 0. The van der Waals surface area contributed by atoms with E-state index in [9.17, 15) is 0 Å². The molecule has 53 nitrogen and oxygen atoms in total. The predicted molar refractivity (Wildman–Crippen MR) is 188 cm³/mol. The molecule has 55 heteroatoms. The van der Waals surface area contributed by atoms with Gasteiger partial charge in [0.1, 0.15) is 0 Å². The molecule has 0 aromatic heterocycles. The van der Waals surface area contributed by atoms with E-state index in [1.807, 2.05) is 0 Å². The Morgan fingerprint density at radius 2 is 0.145 bits per heavy atom. The Labute approximate surface area is 316 Å². The molecule has 55 heavy (non-hydrogen) atoms. The van der Waals surface area contributed by atoms with Gasteiger partial charge in [-0.15, -0.1) is 0 Å². The summed E-state index contributed by atoms with van der Waals surface area (Å²) in [6.07, 6.45) is 0. The zero-order valence-corrected chi connectivity index (χ0v) is 31.0. The molecule has 0 spiro atoms. The van der Waals surface area contributed by atoms with E-state index >= 15 is 0 Å². The third-order valence-electron chi connectivity index (χ3n) is 0. The summed E-state index contributed by atoms with van der Waals surface area (Å²) in [6.45, 7) is 0. The molecular formula is H98O53SZn. The largest absolute Gasteiger partial charge is 2.00 e. The van der Waals surface area contributed by atoms with E-state index in [1.165, 1.54) is 0 Å². The number of hydrogen-bond donors (Lipinski definition) is 0. The summed E-state index contributed by atoms with van der Waals surface area (Å²) < 4.78 is 34.1. The minimum absolute atomic E-state index is 0. The van der Waals surface area contributed by atoms with Gasteiger partial charge < -0.3 is 277 Å². The molecule has 0 aliphatic heterocycles. The fraction of sp³-hybridized carbons (Fsp3) is 0. The number of rotatable bonds is 0. The van der Waals surface area contributed by atoms with Crippen molar-refractivity contribution >= 4 is 10.4 Å². The zero-order valence-electron chi connectivity index (χ0n) is 27.2. The van der Waals surface area contributed by atoms with Crippen LogP contribution in [-0.4, -0.2) is 286 Å². The van der Waals surface area contributed by atoms with Crippen molar-refractivity contribution in [3.05, 3.63) is 0 Å². The predicted octanol–water partition coefficient (Wildman–Crippen LogP) is -41.8. The average molecular weight is 1040 g/mol. The maximum absolute atomic E-state index is 8.52. The molecule has 0 rings (SSSR count). The van der Waals surface area contributed by atoms with E-state index in [-0.39, 0.29) is 288 Å². The molecular weight excluding hydrogens is 945 g/mol. The summed E-state index contributed by atoms with van der Waals surface area (Å²) in [4.78, 5) is 0. The molecule has 98 N–H and O–H groups in total. The first-order valence-electron chi connectivity index (χ1n) is 0.667. The van der Waals surface area contributed by atoms with Gasteiger partial charge in [-0.3, -0.25) is 8.42 Å². The minimum atomic E-state index is -5.17. The molecule has 424 valence electrons. The van der Waals surface area contributed by atoms with Gasteiger partial charge in [-0.2, -0.15) is 0 Å². The van der Waals surface area contributed by atoms with Crippen LogP contribution >= 0.6 is 0 Å². The zero-order chi connectivity index (χ0) is 4.50. The smallest absolute Gasteiger partial charge is 0.759 e. The molecule has 0 heterocycles. The third-order valence-corrected chi connectivity index (χ3v) is 0. The van der Waals surface area contributed by atoms with Gasteiger partial charge in [-0.1, -0.05) is 0 Å². The molecule has 0 aromatic rings. The van der Waals surface area contributed by atoms with Crippen LogP contribution in [0.25, 0.3) is 0 Å². The first kappa shape index (κ1) is 23000. The third kappa shape index (κ3) is 62400. The van der Waals surface area contributed by atoms with Crippen molar-refractivity contribution in [3.63, 3.8) is 0 Å². The first-order valence-corrected chi connectivity index (χ1v) is 2.00. The van der Waals surface area contributed by atoms with Gasteiger partial charge in [0.25, 0.3) is 0 Å². The molecule has 0 fully saturated rings. The van der Waals surface area contributed by atoms with Gasteiger partial charge in [-0.25, -0.2) is 0 Å². The van der Waals surface area contributed by atoms with Crippen molar-refractivity contribution in [1.29, 1.82) is 0 Å². The summed E-state index contributed by atoms with van der Waals surface area (Å²) in [6, 6.07) is 0. The molecule has 0 unspecified atom stereocenters. The molecule has 0 aliphatic rings. The Balaban J connectivity index is -0.0000000000653. The van der Waals surface area contributed by atoms with Crippen molar-refractivity contribution in [1.82, 2.24) is 0 Å². The molecule has 0 radical (unpaired) electrons. The average Bonchev–Trinajstić information content (AvgIpc) is 0.722. The van der Waals surface area contributed by atoms with E-state index in [0.29, 0.717) is 0 Å². The Hall–Kier alpha value is -1.47. The summed E-state index contributed by atoms with van der Waals surface area (Å²) in [5.41, 5.74) is 0. The molecule has 0 amide bonds. The van der Waals surface area contributed by atoms with Gasteiger partial charge in [0.2, 0.25) is 0 Å². The molecule has 0 atom stereocenters. The normalized spacial score (nSPS) is 1.05. The van der Waals surface area contributed by atoms with Crippen LogP contribution in [0.4, 0.5) is 0 Å². The summed E-state index contributed by atoms with van der Waals surface area (Å²) in [7, 11) is -5.17. The van der Waals surface area contributed by atoms with Crippen LogP contribution in [0.2, 0.25) is 0 Å². The van der Waals surface area contributed by atoms with Crippen molar-refractivity contribution in [3.8, 4) is 0 Å². The second kappa shape index (κ2) is 6790. The van der Waals surface area contributed by atoms with Crippen LogP contribution in [0, 0.1) is 0 Å². The van der Waals surface area contributed by atoms with Crippen LogP contribution in [0.15, 0.2) is 0 Å². The van der Waals surface area contributed by atoms with E-state index in [4.69, 9.17) is 17.5 Å². The molecule has 0 aromatic carbocycles. The van der Waals surface area contributed by atoms with Crippen LogP contribution in [0.1, 0.15) is 0 Å². The van der Waals surface area contributed by atoms with Crippen molar-refractivity contribution in [2.75, 3.05) is 0 Å². The van der Waals surface area contributed by atoms with Crippen molar-refractivity contribution in [2.45, 2.75) is 0 Å². The second-order valence-corrected chi connectivity index (χ2v) is 1.22. The van der Waals surface area contributed by atoms with Crippen molar-refractivity contribution in [2.24, 2.45) is 0 Å². The summed E-state index contributed by atoms with van der Waals surface area (Å²) >= 11 is 0. The van der Waals surface area contributed by atoms with E-state index in [2.05, 4.69) is 0 Å². The maximum atomic E-state index is 8.52. The molecule has 0 saturated heterocycles. The van der Waals surface area contributed by atoms with Gasteiger partial charge >= 0.3 is 19.5 Å². The maximum Gasteiger partial charge on any atom is 2.00 e. The van der Waals surface area contributed by atoms with Crippen molar-refractivity contribution < 1.29 is 305 Å².